The first kappa shape index (κ1) is 14.3. The van der Waals surface area contributed by atoms with Crippen LogP contribution in [-0.2, 0) is 11.3 Å². The summed E-state index contributed by atoms with van der Waals surface area (Å²) in [4.78, 5) is 0. The molecule has 1 aromatic carbocycles. The standard InChI is InChI=1S/C17H23N3O/c18-17(9-5-2-6-10-17)14-21-13-15-11-19-20(12-15)16-7-3-1-4-8-16/h1,3-4,7-8,11-12H,2,5-6,9-10,13-14,18H2. The predicted octanol–water partition coefficient (Wildman–Crippen LogP) is 3.05. The molecule has 2 aromatic rings. The van der Waals surface area contributed by atoms with Crippen molar-refractivity contribution in [2.45, 2.75) is 44.2 Å². The maximum Gasteiger partial charge on any atom is 0.0748 e. The van der Waals surface area contributed by atoms with E-state index in [0.29, 0.717) is 13.2 Å². The predicted molar refractivity (Wildman–Crippen MR) is 83.2 cm³/mol. The number of nitrogens with zero attached hydrogens (tertiary/aromatic N) is 2. The van der Waals surface area contributed by atoms with Gasteiger partial charge in [-0.25, -0.2) is 4.68 Å². The molecule has 21 heavy (non-hydrogen) atoms. The highest BCUT2D eigenvalue weighted by atomic mass is 16.5. The smallest absolute Gasteiger partial charge is 0.0748 e. The Hall–Kier alpha value is -1.65. The number of hydrogen-bond donors (Lipinski definition) is 1. The third-order valence-electron chi connectivity index (χ3n) is 4.16. The van der Waals surface area contributed by atoms with Crippen LogP contribution in [0.3, 0.4) is 0 Å². The fourth-order valence-corrected chi connectivity index (χ4v) is 2.93. The molecule has 0 unspecified atom stereocenters. The van der Waals surface area contributed by atoms with Gasteiger partial charge in [-0.3, -0.25) is 0 Å². The van der Waals surface area contributed by atoms with Crippen molar-refractivity contribution < 1.29 is 4.74 Å². The highest BCUT2D eigenvalue weighted by molar-refractivity contribution is 5.30. The molecule has 0 amide bonds. The van der Waals surface area contributed by atoms with Crippen LogP contribution in [0.15, 0.2) is 42.7 Å². The van der Waals surface area contributed by atoms with Crippen molar-refractivity contribution in [2.75, 3.05) is 6.61 Å². The fourth-order valence-electron chi connectivity index (χ4n) is 2.93. The van der Waals surface area contributed by atoms with Gasteiger partial charge in [0.25, 0.3) is 0 Å². The molecule has 1 saturated carbocycles. The number of nitrogens with two attached hydrogens (primary N) is 1. The number of benzene rings is 1. The molecule has 0 spiro atoms. The third-order valence-corrected chi connectivity index (χ3v) is 4.16. The number of aromatic nitrogens is 2. The van der Waals surface area contributed by atoms with Gasteiger partial charge in [-0.2, -0.15) is 5.10 Å². The van der Waals surface area contributed by atoms with Gasteiger partial charge >= 0.3 is 0 Å². The molecule has 1 aromatic heterocycles. The summed E-state index contributed by atoms with van der Waals surface area (Å²) < 4.78 is 7.71. The summed E-state index contributed by atoms with van der Waals surface area (Å²) in [7, 11) is 0. The van der Waals surface area contributed by atoms with Crippen LogP contribution in [0.25, 0.3) is 5.69 Å². The molecule has 0 aliphatic heterocycles. The number of para-hydroxylation sites is 1. The van der Waals surface area contributed by atoms with E-state index in [1.54, 1.807) is 0 Å². The molecule has 0 bridgehead atoms. The SMILES string of the molecule is NC1(COCc2cnn(-c3ccccc3)c2)CCCCC1. The van der Waals surface area contributed by atoms with Crippen LogP contribution in [-0.4, -0.2) is 21.9 Å². The van der Waals surface area contributed by atoms with Gasteiger partial charge in [0.15, 0.2) is 0 Å². The average molecular weight is 285 g/mol. The maximum atomic E-state index is 6.37. The second-order valence-corrected chi connectivity index (χ2v) is 6.04. The lowest BCUT2D eigenvalue weighted by molar-refractivity contribution is 0.0574. The fraction of sp³-hybridized carbons (Fsp3) is 0.471. The van der Waals surface area contributed by atoms with Crippen molar-refractivity contribution >= 4 is 0 Å². The largest absolute Gasteiger partial charge is 0.375 e. The molecular weight excluding hydrogens is 262 g/mol. The van der Waals surface area contributed by atoms with Crippen LogP contribution < -0.4 is 5.73 Å². The molecule has 1 fully saturated rings. The van der Waals surface area contributed by atoms with Crippen LogP contribution in [0.1, 0.15) is 37.7 Å². The Kier molecular flexibility index (Phi) is 4.36. The molecule has 1 heterocycles. The van der Waals surface area contributed by atoms with Gasteiger partial charge in [-0.15, -0.1) is 0 Å². The molecule has 4 nitrogen and oxygen atoms in total. The van der Waals surface area contributed by atoms with Gasteiger partial charge in [-0.05, 0) is 25.0 Å². The molecule has 0 radical (unpaired) electrons. The van der Waals surface area contributed by atoms with Crippen molar-refractivity contribution in [3.63, 3.8) is 0 Å². The van der Waals surface area contributed by atoms with Gasteiger partial charge in [0, 0.05) is 17.3 Å². The minimum Gasteiger partial charge on any atom is -0.375 e. The Bertz CT molecular complexity index is 558. The second-order valence-electron chi connectivity index (χ2n) is 6.04. The monoisotopic (exact) mass is 285 g/mol. The summed E-state index contributed by atoms with van der Waals surface area (Å²) in [5.74, 6) is 0. The van der Waals surface area contributed by atoms with Gasteiger partial charge in [0.05, 0.1) is 25.1 Å². The molecule has 3 rings (SSSR count). The first-order chi connectivity index (χ1) is 10.3. The molecule has 1 aliphatic carbocycles. The molecule has 112 valence electrons. The third kappa shape index (κ3) is 3.71. The Morgan fingerprint density at radius 3 is 2.67 bits per heavy atom. The summed E-state index contributed by atoms with van der Waals surface area (Å²) in [6, 6.07) is 10.1. The normalized spacial score (nSPS) is 17.8. The summed E-state index contributed by atoms with van der Waals surface area (Å²) in [6.07, 6.45) is 9.80. The Morgan fingerprint density at radius 2 is 1.90 bits per heavy atom. The van der Waals surface area contributed by atoms with E-state index in [1.807, 2.05) is 47.4 Å². The van der Waals surface area contributed by atoms with Crippen LogP contribution in [0, 0.1) is 0 Å². The molecule has 2 N–H and O–H groups in total. The summed E-state index contributed by atoms with van der Waals surface area (Å²) >= 11 is 0. The topological polar surface area (TPSA) is 53.1 Å². The lowest BCUT2D eigenvalue weighted by atomic mass is 9.83. The molecule has 0 saturated heterocycles. The van der Waals surface area contributed by atoms with E-state index in [0.717, 1.165) is 24.1 Å². The minimum atomic E-state index is -0.117. The molecule has 1 aliphatic rings. The number of rotatable bonds is 5. The van der Waals surface area contributed by atoms with E-state index < -0.39 is 0 Å². The highest BCUT2D eigenvalue weighted by Crippen LogP contribution is 2.26. The zero-order valence-electron chi connectivity index (χ0n) is 12.4. The molecular formula is C17H23N3O. The molecule has 0 atom stereocenters. The van der Waals surface area contributed by atoms with Crippen molar-refractivity contribution in [1.82, 2.24) is 9.78 Å². The van der Waals surface area contributed by atoms with Crippen molar-refractivity contribution in [2.24, 2.45) is 5.73 Å². The van der Waals surface area contributed by atoms with Crippen LogP contribution in [0.2, 0.25) is 0 Å². The van der Waals surface area contributed by atoms with E-state index in [4.69, 9.17) is 10.5 Å². The zero-order chi connectivity index (χ0) is 14.5. The van der Waals surface area contributed by atoms with Gasteiger partial charge in [0.1, 0.15) is 0 Å². The van der Waals surface area contributed by atoms with Crippen molar-refractivity contribution in [3.05, 3.63) is 48.3 Å². The van der Waals surface area contributed by atoms with E-state index in [9.17, 15) is 0 Å². The van der Waals surface area contributed by atoms with Crippen LogP contribution in [0.5, 0.6) is 0 Å². The first-order valence-corrected chi connectivity index (χ1v) is 7.71. The molecule has 4 heteroatoms. The van der Waals surface area contributed by atoms with Crippen molar-refractivity contribution in [3.8, 4) is 5.69 Å². The number of hydrogen-bond acceptors (Lipinski definition) is 3. The zero-order valence-corrected chi connectivity index (χ0v) is 12.4. The minimum absolute atomic E-state index is 0.117. The van der Waals surface area contributed by atoms with E-state index in [1.165, 1.54) is 19.3 Å². The van der Waals surface area contributed by atoms with Crippen molar-refractivity contribution in [1.29, 1.82) is 0 Å². The summed E-state index contributed by atoms with van der Waals surface area (Å²) in [5, 5.41) is 4.37. The van der Waals surface area contributed by atoms with Gasteiger partial charge in [0.2, 0.25) is 0 Å². The Morgan fingerprint density at radius 1 is 1.14 bits per heavy atom. The Labute approximate surface area is 125 Å². The summed E-state index contributed by atoms with van der Waals surface area (Å²) in [6.45, 7) is 1.22. The lowest BCUT2D eigenvalue weighted by Crippen LogP contribution is -2.46. The first-order valence-electron chi connectivity index (χ1n) is 7.71. The summed E-state index contributed by atoms with van der Waals surface area (Å²) in [5.41, 5.74) is 8.40. The quantitative estimate of drug-likeness (QED) is 0.918. The maximum absolute atomic E-state index is 6.37. The second kappa shape index (κ2) is 6.41. The van der Waals surface area contributed by atoms with E-state index in [2.05, 4.69) is 5.10 Å². The highest BCUT2D eigenvalue weighted by Gasteiger charge is 2.27. The van der Waals surface area contributed by atoms with E-state index in [-0.39, 0.29) is 5.54 Å². The van der Waals surface area contributed by atoms with Crippen LogP contribution in [0.4, 0.5) is 0 Å². The average Bonchev–Trinajstić information content (AvgIpc) is 2.98. The Balaban J connectivity index is 1.53. The van der Waals surface area contributed by atoms with E-state index >= 15 is 0 Å². The van der Waals surface area contributed by atoms with Crippen LogP contribution >= 0.6 is 0 Å². The van der Waals surface area contributed by atoms with Gasteiger partial charge < -0.3 is 10.5 Å². The number of ether oxygens (including phenoxy) is 1. The lowest BCUT2D eigenvalue weighted by Gasteiger charge is -2.32. The van der Waals surface area contributed by atoms with Gasteiger partial charge in [-0.1, -0.05) is 37.5 Å².